The van der Waals surface area contributed by atoms with Crippen LogP contribution in [-0.4, -0.2) is 23.7 Å². The zero-order chi connectivity index (χ0) is 22.1. The van der Waals surface area contributed by atoms with E-state index >= 15 is 0 Å². The number of hydrogen-bond acceptors (Lipinski definition) is 4. The maximum absolute atomic E-state index is 12.5. The highest BCUT2D eigenvalue weighted by atomic mass is 32.2. The Labute approximate surface area is 187 Å². The average Bonchev–Trinajstić information content (AvgIpc) is 2.77. The van der Waals surface area contributed by atoms with Gasteiger partial charge in [0.05, 0.1) is 18.3 Å². The van der Waals surface area contributed by atoms with Gasteiger partial charge in [-0.1, -0.05) is 30.3 Å². The van der Waals surface area contributed by atoms with E-state index in [0.717, 1.165) is 27.6 Å². The highest BCUT2D eigenvalue weighted by Gasteiger charge is 2.15. The van der Waals surface area contributed by atoms with E-state index in [2.05, 4.69) is 10.6 Å². The van der Waals surface area contributed by atoms with E-state index in [9.17, 15) is 9.59 Å². The van der Waals surface area contributed by atoms with E-state index in [4.69, 9.17) is 4.74 Å². The summed E-state index contributed by atoms with van der Waals surface area (Å²) in [5.74, 6) is 0.642. The second-order valence-corrected chi connectivity index (χ2v) is 8.36. The lowest BCUT2D eigenvalue weighted by Crippen LogP contribution is -2.22. The Kier molecular flexibility index (Phi) is 8.12. The lowest BCUT2D eigenvalue weighted by Gasteiger charge is -2.13. The van der Waals surface area contributed by atoms with Crippen LogP contribution in [0.15, 0.2) is 83.8 Å². The molecule has 0 saturated heterocycles. The molecule has 0 aliphatic heterocycles. The van der Waals surface area contributed by atoms with Crippen LogP contribution in [-0.2, 0) is 16.0 Å². The highest BCUT2D eigenvalue weighted by molar-refractivity contribution is 8.00. The first-order valence-electron chi connectivity index (χ1n) is 10.2. The second kappa shape index (κ2) is 11.2. The van der Waals surface area contributed by atoms with E-state index < -0.39 is 0 Å². The number of benzene rings is 3. The molecule has 6 heteroatoms. The molecule has 0 aliphatic rings. The summed E-state index contributed by atoms with van der Waals surface area (Å²) in [5.41, 5.74) is 2.44. The topological polar surface area (TPSA) is 67.4 Å². The van der Waals surface area contributed by atoms with Crippen LogP contribution in [0.3, 0.4) is 0 Å². The van der Waals surface area contributed by atoms with Gasteiger partial charge in [-0.2, -0.15) is 0 Å². The van der Waals surface area contributed by atoms with Crippen LogP contribution < -0.4 is 15.4 Å². The minimum Gasteiger partial charge on any atom is -0.494 e. The molecule has 3 aromatic rings. The predicted octanol–water partition coefficient (Wildman–Crippen LogP) is 5.39. The second-order valence-electron chi connectivity index (χ2n) is 6.94. The minimum atomic E-state index is -0.273. The number of hydrogen-bond donors (Lipinski definition) is 2. The first-order chi connectivity index (χ1) is 15.0. The summed E-state index contributed by atoms with van der Waals surface area (Å²) < 4.78 is 5.41. The van der Waals surface area contributed by atoms with Crippen molar-refractivity contribution in [3.05, 3.63) is 84.4 Å². The molecule has 0 saturated carbocycles. The molecule has 0 radical (unpaired) electrons. The number of ether oxygens (including phenoxy) is 1. The Balaban J connectivity index is 1.49. The van der Waals surface area contributed by atoms with E-state index in [-0.39, 0.29) is 17.1 Å². The third-order valence-electron chi connectivity index (χ3n) is 4.46. The Morgan fingerprint density at radius 1 is 0.871 bits per heavy atom. The Morgan fingerprint density at radius 3 is 2.13 bits per heavy atom. The molecule has 0 spiro atoms. The van der Waals surface area contributed by atoms with Crippen LogP contribution in [0.5, 0.6) is 5.75 Å². The fraction of sp³-hybridized carbons (Fsp3) is 0.200. The molecule has 0 aliphatic carbocycles. The van der Waals surface area contributed by atoms with Gasteiger partial charge in [-0.3, -0.25) is 9.59 Å². The van der Waals surface area contributed by atoms with Crippen molar-refractivity contribution in [2.75, 3.05) is 17.2 Å². The first-order valence-corrected chi connectivity index (χ1v) is 11.1. The molecule has 3 rings (SSSR count). The summed E-state index contributed by atoms with van der Waals surface area (Å²) in [6, 6.07) is 24.5. The molecular formula is C25H26N2O3S. The smallest absolute Gasteiger partial charge is 0.237 e. The van der Waals surface area contributed by atoms with Gasteiger partial charge in [0.25, 0.3) is 0 Å². The number of carbonyl (C=O) groups is 2. The third kappa shape index (κ3) is 7.19. The summed E-state index contributed by atoms with van der Waals surface area (Å²) in [6.45, 7) is 4.40. The van der Waals surface area contributed by atoms with Gasteiger partial charge in [0.15, 0.2) is 0 Å². The van der Waals surface area contributed by atoms with Gasteiger partial charge in [-0.05, 0) is 67.9 Å². The largest absolute Gasteiger partial charge is 0.494 e. The van der Waals surface area contributed by atoms with Crippen LogP contribution >= 0.6 is 11.8 Å². The van der Waals surface area contributed by atoms with Crippen molar-refractivity contribution in [1.29, 1.82) is 0 Å². The van der Waals surface area contributed by atoms with Gasteiger partial charge >= 0.3 is 0 Å². The Hall–Kier alpha value is -3.25. The van der Waals surface area contributed by atoms with Crippen molar-refractivity contribution >= 4 is 35.0 Å². The molecule has 31 heavy (non-hydrogen) atoms. The normalized spacial score (nSPS) is 11.4. The van der Waals surface area contributed by atoms with Crippen LogP contribution in [0.1, 0.15) is 19.4 Å². The van der Waals surface area contributed by atoms with Crippen molar-refractivity contribution in [2.45, 2.75) is 30.4 Å². The summed E-state index contributed by atoms with van der Waals surface area (Å²) in [6.07, 6.45) is 0.333. The van der Waals surface area contributed by atoms with Gasteiger partial charge in [-0.15, -0.1) is 11.8 Å². The minimum absolute atomic E-state index is 0.0605. The maximum Gasteiger partial charge on any atom is 0.237 e. The summed E-state index contributed by atoms with van der Waals surface area (Å²) >= 11 is 1.46. The number of rotatable bonds is 9. The van der Waals surface area contributed by atoms with Gasteiger partial charge in [-0.25, -0.2) is 0 Å². The SMILES string of the molecule is CCOc1ccc(NC(=O)C(C)Sc2ccc(NC(=O)Cc3ccccc3)cc2)cc1. The van der Waals surface area contributed by atoms with E-state index in [1.54, 1.807) is 0 Å². The van der Waals surface area contributed by atoms with Crippen LogP contribution in [0.4, 0.5) is 11.4 Å². The van der Waals surface area contributed by atoms with Crippen molar-refractivity contribution in [2.24, 2.45) is 0 Å². The maximum atomic E-state index is 12.5. The molecule has 0 bridgehead atoms. The number of amides is 2. The molecule has 160 valence electrons. The van der Waals surface area contributed by atoms with Crippen LogP contribution in [0, 0.1) is 0 Å². The lowest BCUT2D eigenvalue weighted by atomic mass is 10.1. The van der Waals surface area contributed by atoms with Crippen molar-refractivity contribution in [3.8, 4) is 5.75 Å². The monoisotopic (exact) mass is 434 g/mol. The molecule has 0 aromatic heterocycles. The zero-order valence-corrected chi connectivity index (χ0v) is 18.4. The predicted molar refractivity (Wildman–Crippen MR) is 127 cm³/mol. The van der Waals surface area contributed by atoms with Gasteiger partial charge in [0.2, 0.25) is 11.8 Å². The average molecular weight is 435 g/mol. The van der Waals surface area contributed by atoms with Crippen LogP contribution in [0.25, 0.3) is 0 Å². The molecule has 1 unspecified atom stereocenters. The van der Waals surface area contributed by atoms with E-state index in [0.29, 0.717) is 13.0 Å². The lowest BCUT2D eigenvalue weighted by molar-refractivity contribution is -0.116. The quantitative estimate of drug-likeness (QED) is 0.443. The Bertz CT molecular complexity index is 990. The number of carbonyl (C=O) groups excluding carboxylic acids is 2. The molecule has 1 atom stereocenters. The standard InChI is InChI=1S/C25H26N2O3S/c1-3-30-22-13-9-21(10-14-22)27-25(29)18(2)31-23-15-11-20(12-16-23)26-24(28)17-19-7-5-4-6-8-19/h4-16,18H,3,17H2,1-2H3,(H,26,28)(H,27,29). The molecule has 3 aromatic carbocycles. The Morgan fingerprint density at radius 2 is 1.48 bits per heavy atom. The molecule has 2 amide bonds. The molecule has 2 N–H and O–H groups in total. The van der Waals surface area contributed by atoms with Gasteiger partial charge in [0.1, 0.15) is 5.75 Å². The summed E-state index contributed by atoms with van der Waals surface area (Å²) in [7, 11) is 0. The van der Waals surface area contributed by atoms with Crippen LogP contribution in [0.2, 0.25) is 0 Å². The van der Waals surface area contributed by atoms with Gasteiger partial charge < -0.3 is 15.4 Å². The first kappa shape index (κ1) is 22.4. The molecule has 0 heterocycles. The zero-order valence-electron chi connectivity index (χ0n) is 17.6. The van der Waals surface area contributed by atoms with Crippen molar-refractivity contribution in [1.82, 2.24) is 0 Å². The number of thioether (sulfide) groups is 1. The number of anilines is 2. The van der Waals surface area contributed by atoms with E-state index in [1.807, 2.05) is 92.7 Å². The molecular weight excluding hydrogens is 408 g/mol. The fourth-order valence-corrected chi connectivity index (χ4v) is 3.77. The number of nitrogens with one attached hydrogen (secondary N) is 2. The molecule has 5 nitrogen and oxygen atoms in total. The van der Waals surface area contributed by atoms with Crippen molar-refractivity contribution in [3.63, 3.8) is 0 Å². The summed E-state index contributed by atoms with van der Waals surface area (Å²) in [4.78, 5) is 25.6. The van der Waals surface area contributed by atoms with Crippen molar-refractivity contribution < 1.29 is 14.3 Å². The molecule has 0 fully saturated rings. The fourth-order valence-electron chi connectivity index (χ4n) is 2.91. The summed E-state index contributed by atoms with van der Waals surface area (Å²) in [5, 5.41) is 5.55. The highest BCUT2D eigenvalue weighted by Crippen LogP contribution is 2.26. The van der Waals surface area contributed by atoms with E-state index in [1.165, 1.54) is 11.8 Å². The third-order valence-corrected chi connectivity index (χ3v) is 5.57. The van der Waals surface area contributed by atoms with Gasteiger partial charge in [0, 0.05) is 16.3 Å².